The fraction of sp³-hybridized carbons (Fsp3) is 0.0476. The maximum absolute atomic E-state index is 12.8. The molecular formula is C21H16ClNO4S. The van der Waals surface area contributed by atoms with Crippen molar-refractivity contribution in [2.45, 2.75) is 4.90 Å². The predicted molar refractivity (Wildman–Crippen MR) is 109 cm³/mol. The molecule has 28 heavy (non-hydrogen) atoms. The van der Waals surface area contributed by atoms with Crippen LogP contribution >= 0.6 is 11.6 Å². The summed E-state index contributed by atoms with van der Waals surface area (Å²) >= 11 is 5.86. The number of ketones is 1. The predicted octanol–water partition coefficient (Wildman–Crippen LogP) is 4.23. The van der Waals surface area contributed by atoms with Crippen molar-refractivity contribution in [3.8, 4) is 0 Å². The molecule has 3 aromatic rings. The van der Waals surface area contributed by atoms with Gasteiger partial charge in [0.2, 0.25) is 0 Å². The van der Waals surface area contributed by atoms with Gasteiger partial charge in [0.15, 0.2) is 15.6 Å². The third-order valence-corrected chi connectivity index (χ3v) is 5.40. The number of hydrogen-bond acceptors (Lipinski definition) is 4. The molecule has 0 aliphatic rings. The van der Waals surface area contributed by atoms with Gasteiger partial charge in [-0.2, -0.15) is 0 Å². The zero-order valence-corrected chi connectivity index (χ0v) is 16.4. The maximum Gasteiger partial charge on any atom is 0.256 e. The molecule has 7 heteroatoms. The van der Waals surface area contributed by atoms with E-state index >= 15 is 0 Å². The SMILES string of the molecule is CS(=O)(=O)c1cccc(NC(=O)c2ccccc2C(=O)c2ccc(Cl)cc2)c1. The second kappa shape index (κ2) is 7.96. The van der Waals surface area contributed by atoms with Crippen LogP contribution in [0.3, 0.4) is 0 Å². The highest BCUT2D eigenvalue weighted by atomic mass is 35.5. The molecule has 3 aromatic carbocycles. The Labute approximate surface area is 167 Å². The molecule has 1 amide bonds. The van der Waals surface area contributed by atoms with Gasteiger partial charge in [-0.1, -0.05) is 35.9 Å². The summed E-state index contributed by atoms with van der Waals surface area (Å²) in [6.07, 6.45) is 1.09. The minimum Gasteiger partial charge on any atom is -0.322 e. The zero-order valence-electron chi connectivity index (χ0n) is 14.8. The molecule has 0 saturated carbocycles. The number of benzene rings is 3. The third-order valence-electron chi connectivity index (χ3n) is 4.04. The summed E-state index contributed by atoms with van der Waals surface area (Å²) in [5.41, 5.74) is 1.15. The van der Waals surface area contributed by atoms with Gasteiger partial charge >= 0.3 is 0 Å². The van der Waals surface area contributed by atoms with Gasteiger partial charge in [-0.25, -0.2) is 8.42 Å². The summed E-state index contributed by atoms with van der Waals surface area (Å²) in [7, 11) is -3.40. The van der Waals surface area contributed by atoms with Crippen molar-refractivity contribution in [2.75, 3.05) is 11.6 Å². The third kappa shape index (κ3) is 4.47. The normalized spacial score (nSPS) is 11.1. The summed E-state index contributed by atoms with van der Waals surface area (Å²) in [4.78, 5) is 25.7. The van der Waals surface area contributed by atoms with Crippen LogP contribution in [0.2, 0.25) is 5.02 Å². The van der Waals surface area contributed by atoms with E-state index < -0.39 is 15.7 Å². The largest absolute Gasteiger partial charge is 0.322 e. The average molecular weight is 414 g/mol. The smallest absolute Gasteiger partial charge is 0.256 e. The van der Waals surface area contributed by atoms with E-state index in [2.05, 4.69) is 5.32 Å². The Morgan fingerprint density at radius 2 is 1.50 bits per heavy atom. The minimum absolute atomic E-state index is 0.0934. The second-order valence-electron chi connectivity index (χ2n) is 6.14. The van der Waals surface area contributed by atoms with Crippen molar-refractivity contribution in [3.63, 3.8) is 0 Å². The Kier molecular flexibility index (Phi) is 5.63. The number of carbonyl (C=O) groups is 2. The van der Waals surface area contributed by atoms with Crippen LogP contribution in [0.1, 0.15) is 26.3 Å². The molecule has 142 valence electrons. The molecular weight excluding hydrogens is 398 g/mol. The molecule has 0 aliphatic carbocycles. The van der Waals surface area contributed by atoms with E-state index in [0.717, 1.165) is 6.26 Å². The van der Waals surface area contributed by atoms with Crippen LogP contribution in [0.25, 0.3) is 0 Å². The van der Waals surface area contributed by atoms with Crippen LogP contribution in [0.15, 0.2) is 77.7 Å². The number of carbonyl (C=O) groups excluding carboxylic acids is 2. The summed E-state index contributed by atoms with van der Waals surface area (Å²) in [5.74, 6) is -0.823. The van der Waals surface area contributed by atoms with Gasteiger partial charge in [0.05, 0.1) is 10.5 Å². The minimum atomic E-state index is -3.40. The molecule has 0 atom stereocenters. The molecule has 0 heterocycles. The molecule has 0 bridgehead atoms. The molecule has 5 nitrogen and oxygen atoms in total. The van der Waals surface area contributed by atoms with Crippen molar-refractivity contribution < 1.29 is 18.0 Å². The molecule has 0 aromatic heterocycles. The lowest BCUT2D eigenvalue weighted by atomic mass is 9.98. The van der Waals surface area contributed by atoms with Crippen molar-refractivity contribution >= 4 is 38.8 Å². The second-order valence-corrected chi connectivity index (χ2v) is 8.59. The fourth-order valence-electron chi connectivity index (χ4n) is 2.64. The van der Waals surface area contributed by atoms with Gasteiger partial charge in [0, 0.05) is 28.1 Å². The van der Waals surface area contributed by atoms with Crippen LogP contribution in [-0.4, -0.2) is 26.4 Å². The number of rotatable bonds is 5. The van der Waals surface area contributed by atoms with E-state index in [1.54, 1.807) is 54.6 Å². The highest BCUT2D eigenvalue weighted by Crippen LogP contribution is 2.20. The first-order valence-corrected chi connectivity index (χ1v) is 10.5. The van der Waals surface area contributed by atoms with Gasteiger partial charge in [0.25, 0.3) is 5.91 Å². The van der Waals surface area contributed by atoms with Crippen LogP contribution in [-0.2, 0) is 9.84 Å². The highest BCUT2D eigenvalue weighted by molar-refractivity contribution is 7.90. The molecule has 0 saturated heterocycles. The number of amides is 1. The lowest BCUT2D eigenvalue weighted by Gasteiger charge is -2.10. The number of nitrogens with one attached hydrogen (secondary N) is 1. The molecule has 1 N–H and O–H groups in total. The van der Waals surface area contributed by atoms with Crippen LogP contribution < -0.4 is 5.32 Å². The standard InChI is InChI=1S/C21H16ClNO4S/c1-28(26,27)17-6-4-5-16(13-17)23-21(25)19-8-3-2-7-18(19)20(24)14-9-11-15(22)12-10-14/h2-13H,1H3,(H,23,25). The van der Waals surface area contributed by atoms with E-state index in [1.807, 2.05) is 0 Å². The Bertz CT molecular complexity index is 1160. The molecule has 0 radical (unpaired) electrons. The number of sulfone groups is 1. The van der Waals surface area contributed by atoms with Gasteiger partial charge in [-0.05, 0) is 48.5 Å². The van der Waals surface area contributed by atoms with Gasteiger partial charge in [-0.15, -0.1) is 0 Å². The maximum atomic E-state index is 12.8. The topological polar surface area (TPSA) is 80.3 Å². The van der Waals surface area contributed by atoms with Crippen LogP contribution in [0.5, 0.6) is 0 Å². The van der Waals surface area contributed by atoms with E-state index in [0.29, 0.717) is 16.3 Å². The first kappa shape index (κ1) is 19.8. The number of halogens is 1. The summed E-state index contributed by atoms with van der Waals surface area (Å²) in [5, 5.41) is 3.16. The Morgan fingerprint density at radius 1 is 0.857 bits per heavy atom. The van der Waals surface area contributed by atoms with Crippen LogP contribution in [0, 0.1) is 0 Å². The fourth-order valence-corrected chi connectivity index (χ4v) is 3.43. The molecule has 0 unspecified atom stereocenters. The quantitative estimate of drug-likeness (QED) is 0.635. The van der Waals surface area contributed by atoms with Gasteiger partial charge in [-0.3, -0.25) is 9.59 Å². The first-order valence-electron chi connectivity index (χ1n) is 8.26. The molecule has 3 rings (SSSR count). The summed E-state index contributed by atoms with van der Waals surface area (Å²) in [6, 6.07) is 18.8. The summed E-state index contributed by atoms with van der Waals surface area (Å²) < 4.78 is 23.4. The Hall–Kier alpha value is -2.96. The van der Waals surface area contributed by atoms with E-state index in [1.165, 1.54) is 18.2 Å². The zero-order chi connectivity index (χ0) is 20.3. The lowest BCUT2D eigenvalue weighted by molar-refractivity contribution is 0.0996. The number of hydrogen-bond donors (Lipinski definition) is 1. The molecule has 0 fully saturated rings. The van der Waals surface area contributed by atoms with Crippen molar-refractivity contribution in [1.29, 1.82) is 0 Å². The van der Waals surface area contributed by atoms with E-state index in [-0.39, 0.29) is 21.8 Å². The average Bonchev–Trinajstić information content (AvgIpc) is 2.67. The molecule has 0 aliphatic heterocycles. The lowest BCUT2D eigenvalue weighted by Crippen LogP contribution is -2.17. The number of anilines is 1. The van der Waals surface area contributed by atoms with Crippen molar-refractivity contribution in [2.24, 2.45) is 0 Å². The van der Waals surface area contributed by atoms with E-state index in [9.17, 15) is 18.0 Å². The summed E-state index contributed by atoms with van der Waals surface area (Å²) in [6.45, 7) is 0. The van der Waals surface area contributed by atoms with Crippen LogP contribution in [0.4, 0.5) is 5.69 Å². The van der Waals surface area contributed by atoms with Gasteiger partial charge < -0.3 is 5.32 Å². The highest BCUT2D eigenvalue weighted by Gasteiger charge is 2.18. The van der Waals surface area contributed by atoms with Gasteiger partial charge in [0.1, 0.15) is 0 Å². The van der Waals surface area contributed by atoms with E-state index in [4.69, 9.17) is 11.6 Å². The van der Waals surface area contributed by atoms with Crippen molar-refractivity contribution in [1.82, 2.24) is 0 Å². The Balaban J connectivity index is 1.91. The monoisotopic (exact) mass is 413 g/mol. The first-order chi connectivity index (χ1) is 13.3. The van der Waals surface area contributed by atoms with Crippen molar-refractivity contribution in [3.05, 3.63) is 94.5 Å². The molecule has 0 spiro atoms. The Morgan fingerprint density at radius 3 is 2.14 bits per heavy atom.